The molecule has 5 heteroatoms. The molecule has 0 unspecified atom stereocenters. The molecule has 1 aromatic heterocycles. The van der Waals surface area contributed by atoms with E-state index in [2.05, 4.69) is 4.98 Å². The number of aromatic nitrogens is 1. The smallest absolute Gasteiger partial charge is 0.226 e. The van der Waals surface area contributed by atoms with Crippen molar-refractivity contribution in [3.8, 4) is 11.5 Å². The van der Waals surface area contributed by atoms with Gasteiger partial charge in [-0.15, -0.1) is 0 Å². The zero-order valence-electron chi connectivity index (χ0n) is 13.6. The molecule has 1 aliphatic carbocycles. The normalized spacial score (nSPS) is 21.2. The number of hydrogen-bond acceptors (Lipinski definition) is 4. The Morgan fingerprint density at radius 3 is 2.83 bits per heavy atom. The van der Waals surface area contributed by atoms with Gasteiger partial charge in [0.05, 0.1) is 12.2 Å². The molecule has 2 aliphatic rings. The third kappa shape index (κ3) is 2.94. The average Bonchev–Trinajstić information content (AvgIpc) is 3.42. The van der Waals surface area contributed by atoms with Gasteiger partial charge < -0.3 is 14.4 Å². The molecule has 1 saturated carbocycles. The molecule has 1 aliphatic heterocycles. The first-order valence-corrected chi connectivity index (χ1v) is 8.27. The number of carbonyl (C=O) groups is 1. The third-order valence-corrected chi connectivity index (χ3v) is 4.60. The zero-order chi connectivity index (χ0) is 16.5. The summed E-state index contributed by atoms with van der Waals surface area (Å²) in [6.07, 6.45) is 2.65. The van der Waals surface area contributed by atoms with Crippen molar-refractivity contribution in [2.45, 2.75) is 18.9 Å². The number of ether oxygens (including phenoxy) is 2. The monoisotopic (exact) mass is 324 g/mol. The van der Waals surface area contributed by atoms with Crippen LogP contribution in [0, 0.1) is 5.92 Å². The first kappa shape index (κ1) is 15.0. The highest BCUT2D eigenvalue weighted by atomic mass is 16.6. The van der Waals surface area contributed by atoms with Crippen LogP contribution in [0.4, 0.5) is 0 Å². The first-order valence-electron chi connectivity index (χ1n) is 8.27. The Hall–Kier alpha value is -2.56. The molecule has 4 rings (SSSR count). The minimum Gasteiger partial charge on any atom is -0.486 e. The number of amides is 1. The Labute approximate surface area is 141 Å². The van der Waals surface area contributed by atoms with E-state index in [0.29, 0.717) is 19.8 Å². The molecule has 0 radical (unpaired) electrons. The van der Waals surface area contributed by atoms with Gasteiger partial charge in [0, 0.05) is 19.2 Å². The molecule has 0 spiro atoms. The van der Waals surface area contributed by atoms with Crippen LogP contribution in [0.2, 0.25) is 0 Å². The van der Waals surface area contributed by atoms with Gasteiger partial charge in [0.15, 0.2) is 11.5 Å². The van der Waals surface area contributed by atoms with Gasteiger partial charge in [0.2, 0.25) is 5.91 Å². The summed E-state index contributed by atoms with van der Waals surface area (Å²) >= 11 is 0. The second-order valence-corrected chi connectivity index (χ2v) is 6.37. The van der Waals surface area contributed by atoms with Crippen LogP contribution in [0.1, 0.15) is 23.6 Å². The van der Waals surface area contributed by atoms with Gasteiger partial charge in [-0.1, -0.05) is 12.1 Å². The Morgan fingerprint density at radius 2 is 2.04 bits per heavy atom. The lowest BCUT2D eigenvalue weighted by Crippen LogP contribution is -2.28. The van der Waals surface area contributed by atoms with Crippen LogP contribution in [-0.4, -0.2) is 36.1 Å². The van der Waals surface area contributed by atoms with E-state index in [9.17, 15) is 4.79 Å². The fourth-order valence-corrected chi connectivity index (χ4v) is 3.22. The van der Waals surface area contributed by atoms with Crippen LogP contribution in [-0.2, 0) is 11.3 Å². The van der Waals surface area contributed by atoms with Crippen molar-refractivity contribution < 1.29 is 14.3 Å². The van der Waals surface area contributed by atoms with Crippen LogP contribution in [0.25, 0.3) is 0 Å². The van der Waals surface area contributed by atoms with Crippen LogP contribution in [0.15, 0.2) is 42.6 Å². The lowest BCUT2D eigenvalue weighted by Gasteiger charge is -2.19. The Kier molecular flexibility index (Phi) is 3.84. The van der Waals surface area contributed by atoms with E-state index in [1.54, 1.807) is 11.1 Å². The van der Waals surface area contributed by atoms with E-state index >= 15 is 0 Å². The van der Waals surface area contributed by atoms with E-state index in [4.69, 9.17) is 9.47 Å². The molecule has 0 N–H and O–H groups in total. The number of carbonyl (C=O) groups excluding carboxylic acids is 1. The molecule has 2 heterocycles. The number of nitrogens with zero attached hydrogens (tertiary/aromatic N) is 2. The highest BCUT2D eigenvalue weighted by Gasteiger charge is 2.45. The minimum absolute atomic E-state index is 0.0567. The summed E-state index contributed by atoms with van der Waals surface area (Å²) in [5.74, 6) is 2.10. The summed E-state index contributed by atoms with van der Waals surface area (Å²) in [6.45, 7) is 1.72. The van der Waals surface area contributed by atoms with Crippen LogP contribution >= 0.6 is 0 Å². The Bertz CT molecular complexity index is 748. The average molecular weight is 324 g/mol. The van der Waals surface area contributed by atoms with Crippen LogP contribution < -0.4 is 9.47 Å². The molecular weight excluding hydrogens is 304 g/mol. The molecule has 0 saturated heterocycles. The van der Waals surface area contributed by atoms with E-state index < -0.39 is 0 Å². The molecule has 5 nitrogen and oxygen atoms in total. The lowest BCUT2D eigenvalue weighted by molar-refractivity contribution is -0.131. The van der Waals surface area contributed by atoms with E-state index in [0.717, 1.165) is 29.2 Å². The van der Waals surface area contributed by atoms with Crippen molar-refractivity contribution in [2.24, 2.45) is 5.92 Å². The molecule has 2 atom stereocenters. The Morgan fingerprint density at radius 1 is 1.21 bits per heavy atom. The molecule has 0 bridgehead atoms. The number of pyridine rings is 1. The van der Waals surface area contributed by atoms with Crippen molar-refractivity contribution in [3.05, 3.63) is 53.9 Å². The summed E-state index contributed by atoms with van der Waals surface area (Å²) in [5, 5.41) is 0. The van der Waals surface area contributed by atoms with Gasteiger partial charge in [0.25, 0.3) is 0 Å². The molecule has 1 fully saturated rings. The second-order valence-electron chi connectivity index (χ2n) is 6.37. The van der Waals surface area contributed by atoms with Crippen LogP contribution in [0.5, 0.6) is 11.5 Å². The lowest BCUT2D eigenvalue weighted by atomic mass is 10.1. The standard InChI is InChI=1S/C19H20N2O3/c1-21(12-14-4-2-3-7-20-14)19(22)16-11-15(16)13-5-6-17-18(10-13)24-9-8-23-17/h2-7,10,15-16H,8-9,11-12H2,1H3/t15-,16-/m0/s1. The molecule has 24 heavy (non-hydrogen) atoms. The van der Waals surface area contributed by atoms with Crippen LogP contribution in [0.3, 0.4) is 0 Å². The predicted molar refractivity (Wildman–Crippen MR) is 89.0 cm³/mol. The number of benzene rings is 1. The number of rotatable bonds is 4. The Balaban J connectivity index is 1.41. The maximum Gasteiger partial charge on any atom is 0.226 e. The van der Waals surface area contributed by atoms with Gasteiger partial charge >= 0.3 is 0 Å². The van der Waals surface area contributed by atoms with Crippen molar-refractivity contribution in [1.29, 1.82) is 0 Å². The summed E-state index contributed by atoms with van der Waals surface area (Å²) in [4.78, 5) is 18.7. The highest BCUT2D eigenvalue weighted by Crippen LogP contribution is 2.50. The summed E-state index contributed by atoms with van der Waals surface area (Å²) in [6, 6.07) is 11.8. The quantitative estimate of drug-likeness (QED) is 0.867. The maximum absolute atomic E-state index is 12.6. The van der Waals surface area contributed by atoms with Gasteiger partial charge in [-0.2, -0.15) is 0 Å². The topological polar surface area (TPSA) is 51.7 Å². The van der Waals surface area contributed by atoms with E-state index in [-0.39, 0.29) is 17.7 Å². The molecular formula is C19H20N2O3. The highest BCUT2D eigenvalue weighted by molar-refractivity contribution is 5.82. The zero-order valence-corrected chi connectivity index (χ0v) is 13.6. The predicted octanol–water partition coefficient (Wildman–Crippen LogP) is 2.61. The second kappa shape index (κ2) is 6.15. The maximum atomic E-state index is 12.6. The SMILES string of the molecule is CN(Cc1ccccn1)C(=O)[C@H]1C[C@H]1c1ccc2c(c1)OCCO2. The number of fused-ring (bicyclic) bond motifs is 1. The van der Waals surface area contributed by atoms with Crippen molar-refractivity contribution in [2.75, 3.05) is 20.3 Å². The molecule has 1 aromatic carbocycles. The van der Waals surface area contributed by atoms with Gasteiger partial charge in [-0.05, 0) is 42.2 Å². The fourth-order valence-electron chi connectivity index (χ4n) is 3.22. The largest absolute Gasteiger partial charge is 0.486 e. The molecule has 1 amide bonds. The van der Waals surface area contributed by atoms with E-state index in [1.165, 1.54) is 0 Å². The van der Waals surface area contributed by atoms with Gasteiger partial charge in [-0.25, -0.2) is 0 Å². The summed E-state index contributed by atoms with van der Waals surface area (Å²) < 4.78 is 11.2. The van der Waals surface area contributed by atoms with E-state index in [1.807, 2.05) is 43.4 Å². The summed E-state index contributed by atoms with van der Waals surface area (Å²) in [5.41, 5.74) is 2.06. The minimum atomic E-state index is 0.0567. The van der Waals surface area contributed by atoms with Gasteiger partial charge in [-0.3, -0.25) is 9.78 Å². The fraction of sp³-hybridized carbons (Fsp3) is 0.368. The first-order chi connectivity index (χ1) is 11.7. The molecule has 2 aromatic rings. The van der Waals surface area contributed by atoms with Crippen molar-refractivity contribution in [3.63, 3.8) is 0 Å². The summed E-state index contributed by atoms with van der Waals surface area (Å²) in [7, 11) is 1.84. The van der Waals surface area contributed by atoms with Crippen molar-refractivity contribution >= 4 is 5.91 Å². The van der Waals surface area contributed by atoms with Gasteiger partial charge in [0.1, 0.15) is 13.2 Å². The van der Waals surface area contributed by atoms with Crippen molar-refractivity contribution in [1.82, 2.24) is 9.88 Å². The number of hydrogen-bond donors (Lipinski definition) is 0. The molecule has 124 valence electrons. The third-order valence-electron chi connectivity index (χ3n) is 4.60.